The fourth-order valence-electron chi connectivity index (χ4n) is 1.45. The first-order valence-corrected chi connectivity index (χ1v) is 5.97. The van der Waals surface area contributed by atoms with Crippen LogP contribution in [-0.2, 0) is 0 Å². The smallest absolute Gasteiger partial charge is 0.339 e. The van der Waals surface area contributed by atoms with Crippen LogP contribution in [0.5, 0.6) is 0 Å². The Balaban J connectivity index is 2.37. The summed E-state index contributed by atoms with van der Waals surface area (Å²) in [6.07, 6.45) is 1.34. The Kier molecular flexibility index (Phi) is 3.66. The maximum Gasteiger partial charge on any atom is 0.339 e. The van der Waals surface area contributed by atoms with Crippen LogP contribution in [0.15, 0.2) is 34.9 Å². The van der Waals surface area contributed by atoms with Gasteiger partial charge in [-0.2, -0.15) is 0 Å². The number of pyridine rings is 1. The van der Waals surface area contributed by atoms with Gasteiger partial charge in [-0.15, -0.1) is 0 Å². The lowest BCUT2D eigenvalue weighted by molar-refractivity contribution is 0.0697. The van der Waals surface area contributed by atoms with E-state index in [0.29, 0.717) is 5.69 Å². The van der Waals surface area contributed by atoms with Crippen molar-refractivity contribution >= 4 is 39.1 Å². The van der Waals surface area contributed by atoms with Gasteiger partial charge in [0, 0.05) is 5.69 Å². The van der Waals surface area contributed by atoms with Crippen molar-refractivity contribution in [3.63, 3.8) is 0 Å². The van der Waals surface area contributed by atoms with E-state index < -0.39 is 11.8 Å². The lowest BCUT2D eigenvalue weighted by atomic mass is 10.2. The van der Waals surface area contributed by atoms with Gasteiger partial charge in [0.05, 0.1) is 16.4 Å². The number of nitrogens with zero attached hydrogens (tertiary/aromatic N) is 1. The van der Waals surface area contributed by atoms with Crippen LogP contribution in [0.25, 0.3) is 0 Å². The summed E-state index contributed by atoms with van der Waals surface area (Å²) in [5.41, 5.74) is 6.20. The molecule has 0 saturated carbocycles. The van der Waals surface area contributed by atoms with E-state index in [-0.39, 0.29) is 21.5 Å². The zero-order chi connectivity index (χ0) is 14.0. The number of hydrogen-bond donors (Lipinski definition) is 3. The minimum atomic E-state index is -1.15. The van der Waals surface area contributed by atoms with Gasteiger partial charge in [-0.25, -0.2) is 14.2 Å². The third kappa shape index (κ3) is 3.00. The standard InChI is InChI=1S/C12H9BrFN3O2/c13-9-4-7(1-2-10(9)14)17-11-8(12(18)19)3-6(15)5-16-11/h1-5H,15H2,(H,16,17)(H,18,19). The molecule has 7 heteroatoms. The first-order chi connectivity index (χ1) is 8.97. The van der Waals surface area contributed by atoms with Crippen LogP contribution in [0.1, 0.15) is 10.4 Å². The Morgan fingerprint density at radius 1 is 1.42 bits per heavy atom. The first kappa shape index (κ1) is 13.3. The minimum Gasteiger partial charge on any atom is -0.478 e. The molecule has 0 saturated heterocycles. The Labute approximate surface area is 116 Å². The van der Waals surface area contributed by atoms with Crippen LogP contribution < -0.4 is 11.1 Å². The fourth-order valence-corrected chi connectivity index (χ4v) is 1.83. The molecular weight excluding hydrogens is 317 g/mol. The number of carboxylic acids is 1. The highest BCUT2D eigenvalue weighted by atomic mass is 79.9. The summed E-state index contributed by atoms with van der Waals surface area (Å²) >= 11 is 3.05. The highest BCUT2D eigenvalue weighted by Crippen LogP contribution is 2.24. The average molecular weight is 326 g/mol. The van der Waals surface area contributed by atoms with Gasteiger partial charge in [-0.1, -0.05) is 0 Å². The van der Waals surface area contributed by atoms with Crippen LogP contribution in [0.3, 0.4) is 0 Å². The second kappa shape index (κ2) is 5.23. The van der Waals surface area contributed by atoms with Crippen LogP contribution in [0.2, 0.25) is 0 Å². The topological polar surface area (TPSA) is 88.2 Å². The number of benzene rings is 1. The van der Waals surface area contributed by atoms with E-state index in [9.17, 15) is 9.18 Å². The third-order valence-electron chi connectivity index (χ3n) is 2.32. The van der Waals surface area contributed by atoms with E-state index in [0.717, 1.165) is 0 Å². The number of rotatable bonds is 3. The van der Waals surface area contributed by atoms with E-state index in [1.807, 2.05) is 0 Å². The molecule has 0 aliphatic heterocycles. The molecule has 1 aromatic heterocycles. The predicted molar refractivity (Wildman–Crippen MR) is 73.0 cm³/mol. The molecule has 0 bridgehead atoms. The van der Waals surface area contributed by atoms with Crippen molar-refractivity contribution in [3.8, 4) is 0 Å². The van der Waals surface area contributed by atoms with Crippen molar-refractivity contribution in [1.82, 2.24) is 4.98 Å². The van der Waals surface area contributed by atoms with E-state index in [4.69, 9.17) is 10.8 Å². The van der Waals surface area contributed by atoms with E-state index >= 15 is 0 Å². The number of anilines is 3. The van der Waals surface area contributed by atoms with Crippen molar-refractivity contribution < 1.29 is 14.3 Å². The van der Waals surface area contributed by atoms with Crippen molar-refractivity contribution in [2.45, 2.75) is 0 Å². The molecule has 2 rings (SSSR count). The van der Waals surface area contributed by atoms with Crippen LogP contribution in [-0.4, -0.2) is 16.1 Å². The summed E-state index contributed by atoms with van der Waals surface area (Å²) < 4.78 is 13.4. The molecule has 1 aromatic carbocycles. The van der Waals surface area contributed by atoms with Gasteiger partial charge >= 0.3 is 5.97 Å². The van der Waals surface area contributed by atoms with Gasteiger partial charge in [0.1, 0.15) is 17.2 Å². The van der Waals surface area contributed by atoms with E-state index in [2.05, 4.69) is 26.2 Å². The Hall–Kier alpha value is -2.15. The quantitative estimate of drug-likeness (QED) is 0.807. The van der Waals surface area contributed by atoms with E-state index in [1.165, 1.54) is 30.5 Å². The number of carboxylic acid groups (broad SMARTS) is 1. The van der Waals surface area contributed by atoms with Crippen molar-refractivity contribution in [3.05, 3.63) is 46.3 Å². The van der Waals surface area contributed by atoms with Gasteiger partial charge in [0.15, 0.2) is 0 Å². The molecule has 98 valence electrons. The number of aromatic nitrogens is 1. The summed E-state index contributed by atoms with van der Waals surface area (Å²) in [6.45, 7) is 0. The highest BCUT2D eigenvalue weighted by Gasteiger charge is 2.12. The molecule has 5 nitrogen and oxygen atoms in total. The lowest BCUT2D eigenvalue weighted by Gasteiger charge is -2.09. The van der Waals surface area contributed by atoms with Crippen molar-refractivity contribution in [1.29, 1.82) is 0 Å². The van der Waals surface area contributed by atoms with E-state index in [1.54, 1.807) is 0 Å². The number of nitrogens with one attached hydrogen (secondary N) is 1. The maximum absolute atomic E-state index is 13.1. The first-order valence-electron chi connectivity index (χ1n) is 5.18. The van der Waals surface area contributed by atoms with Crippen LogP contribution >= 0.6 is 15.9 Å². The summed E-state index contributed by atoms with van der Waals surface area (Å²) in [5, 5.41) is 11.9. The average Bonchev–Trinajstić information content (AvgIpc) is 2.36. The monoisotopic (exact) mass is 325 g/mol. The predicted octanol–water partition coefficient (Wildman–Crippen LogP) is 3.01. The zero-order valence-electron chi connectivity index (χ0n) is 9.52. The van der Waals surface area contributed by atoms with Crippen LogP contribution in [0, 0.1) is 5.82 Å². The number of halogens is 2. The molecule has 0 spiro atoms. The number of hydrogen-bond acceptors (Lipinski definition) is 4. The highest BCUT2D eigenvalue weighted by molar-refractivity contribution is 9.10. The Bertz CT molecular complexity index is 649. The molecule has 0 atom stereocenters. The summed E-state index contributed by atoms with van der Waals surface area (Å²) in [5.74, 6) is -1.42. The zero-order valence-corrected chi connectivity index (χ0v) is 11.1. The van der Waals surface area contributed by atoms with Crippen molar-refractivity contribution in [2.75, 3.05) is 11.1 Å². The molecule has 0 amide bonds. The molecule has 0 fully saturated rings. The third-order valence-corrected chi connectivity index (χ3v) is 2.93. The van der Waals surface area contributed by atoms with Gasteiger partial charge in [0.2, 0.25) is 0 Å². The Morgan fingerprint density at radius 3 is 2.79 bits per heavy atom. The minimum absolute atomic E-state index is 0.0551. The molecule has 19 heavy (non-hydrogen) atoms. The normalized spacial score (nSPS) is 10.2. The van der Waals surface area contributed by atoms with Gasteiger partial charge in [0.25, 0.3) is 0 Å². The number of carbonyl (C=O) groups is 1. The van der Waals surface area contributed by atoms with Crippen LogP contribution in [0.4, 0.5) is 21.6 Å². The molecule has 0 unspecified atom stereocenters. The molecule has 2 aromatic rings. The molecule has 4 N–H and O–H groups in total. The van der Waals surface area contributed by atoms with Gasteiger partial charge in [-0.05, 0) is 40.2 Å². The molecule has 0 radical (unpaired) electrons. The number of aromatic carboxylic acids is 1. The molecular formula is C12H9BrFN3O2. The van der Waals surface area contributed by atoms with Gasteiger partial charge in [-0.3, -0.25) is 0 Å². The largest absolute Gasteiger partial charge is 0.478 e. The Morgan fingerprint density at radius 2 is 2.16 bits per heavy atom. The fraction of sp³-hybridized carbons (Fsp3) is 0. The second-order valence-electron chi connectivity index (χ2n) is 3.72. The summed E-state index contributed by atoms with van der Waals surface area (Å²) in [4.78, 5) is 15.0. The second-order valence-corrected chi connectivity index (χ2v) is 4.58. The molecule has 0 aliphatic rings. The molecule has 1 heterocycles. The van der Waals surface area contributed by atoms with Crippen molar-refractivity contribution in [2.24, 2.45) is 0 Å². The summed E-state index contributed by atoms with van der Waals surface area (Å²) in [6, 6.07) is 5.52. The summed E-state index contributed by atoms with van der Waals surface area (Å²) in [7, 11) is 0. The lowest BCUT2D eigenvalue weighted by Crippen LogP contribution is -2.06. The molecule has 0 aliphatic carbocycles. The van der Waals surface area contributed by atoms with Gasteiger partial charge < -0.3 is 16.2 Å². The maximum atomic E-state index is 13.1. The number of nitrogens with two attached hydrogens (primary N) is 1. The number of nitrogen functional groups attached to an aromatic ring is 1. The SMILES string of the molecule is Nc1cnc(Nc2ccc(F)c(Br)c2)c(C(=O)O)c1.